The topological polar surface area (TPSA) is 54.6 Å². The van der Waals surface area contributed by atoms with Gasteiger partial charge in [-0.1, -0.05) is 46.9 Å². The molecule has 2 heterocycles. The summed E-state index contributed by atoms with van der Waals surface area (Å²) < 4.78 is 11.7. The number of carbonyl (C=O) groups is 1. The maximum Gasteiger partial charge on any atom is 0.256 e. The highest BCUT2D eigenvalue weighted by Crippen LogP contribution is 2.40. The molecule has 1 aliphatic rings. The van der Waals surface area contributed by atoms with E-state index in [0.29, 0.717) is 51.6 Å². The number of fused-ring (bicyclic) bond motifs is 2. The standard InChI is InChI=1S/C27H23Cl3N2O3/c1-27(2)34-23-6-4-17(12-24(23)35-27)15-32(10-8-16-3-5-21(29)22(30)11-16)26(33)20-14-19(28)13-18-7-9-31-25(18)20/h3-7,9,11-14,31H,8,10,15H2,1-2H3. The van der Waals surface area contributed by atoms with Crippen LogP contribution in [0, 0.1) is 0 Å². The monoisotopic (exact) mass is 528 g/mol. The number of nitrogens with one attached hydrogen (secondary N) is 1. The van der Waals surface area contributed by atoms with Gasteiger partial charge in [0.2, 0.25) is 5.79 Å². The van der Waals surface area contributed by atoms with Crippen molar-refractivity contribution in [1.29, 1.82) is 0 Å². The van der Waals surface area contributed by atoms with Crippen LogP contribution in [0.25, 0.3) is 10.9 Å². The van der Waals surface area contributed by atoms with E-state index in [1.165, 1.54) is 0 Å². The summed E-state index contributed by atoms with van der Waals surface area (Å²) in [7, 11) is 0. The third-order valence-electron chi connectivity index (χ3n) is 5.89. The second kappa shape index (κ2) is 9.30. The van der Waals surface area contributed by atoms with Gasteiger partial charge in [-0.15, -0.1) is 0 Å². The second-order valence-corrected chi connectivity index (χ2v) is 10.3. The lowest BCUT2D eigenvalue weighted by molar-refractivity contribution is -0.0431. The van der Waals surface area contributed by atoms with Gasteiger partial charge in [0.05, 0.1) is 21.1 Å². The van der Waals surface area contributed by atoms with Crippen molar-refractivity contribution in [3.8, 4) is 11.5 Å². The van der Waals surface area contributed by atoms with E-state index in [1.54, 1.807) is 23.2 Å². The third-order valence-corrected chi connectivity index (χ3v) is 6.85. The molecule has 5 nitrogen and oxygen atoms in total. The van der Waals surface area contributed by atoms with E-state index < -0.39 is 5.79 Å². The molecule has 0 radical (unpaired) electrons. The molecule has 5 rings (SSSR count). The van der Waals surface area contributed by atoms with Crippen molar-refractivity contribution in [2.24, 2.45) is 0 Å². The molecule has 0 aliphatic carbocycles. The van der Waals surface area contributed by atoms with E-state index in [1.807, 2.05) is 56.3 Å². The Labute approximate surface area is 218 Å². The van der Waals surface area contributed by atoms with Crippen LogP contribution in [0.3, 0.4) is 0 Å². The predicted molar refractivity (Wildman–Crippen MR) is 140 cm³/mol. The summed E-state index contributed by atoms with van der Waals surface area (Å²) in [5.41, 5.74) is 3.19. The van der Waals surface area contributed by atoms with Gasteiger partial charge in [-0.3, -0.25) is 4.79 Å². The van der Waals surface area contributed by atoms with Crippen molar-refractivity contribution in [1.82, 2.24) is 9.88 Å². The van der Waals surface area contributed by atoms with Gasteiger partial charge in [0.25, 0.3) is 5.91 Å². The Hall–Kier alpha value is -2.86. The van der Waals surface area contributed by atoms with E-state index in [2.05, 4.69) is 4.98 Å². The molecule has 0 bridgehead atoms. The number of ether oxygens (including phenoxy) is 2. The van der Waals surface area contributed by atoms with E-state index >= 15 is 0 Å². The molecule has 1 N–H and O–H groups in total. The van der Waals surface area contributed by atoms with Crippen molar-refractivity contribution in [3.63, 3.8) is 0 Å². The van der Waals surface area contributed by atoms with Gasteiger partial charge in [-0.2, -0.15) is 0 Å². The minimum absolute atomic E-state index is 0.127. The Morgan fingerprint density at radius 2 is 1.69 bits per heavy atom. The highest BCUT2D eigenvalue weighted by Gasteiger charge is 2.32. The van der Waals surface area contributed by atoms with E-state index in [0.717, 1.165) is 22.0 Å². The maximum absolute atomic E-state index is 13.8. The van der Waals surface area contributed by atoms with Crippen LogP contribution in [0.5, 0.6) is 11.5 Å². The molecule has 3 aromatic carbocycles. The highest BCUT2D eigenvalue weighted by molar-refractivity contribution is 6.42. The van der Waals surface area contributed by atoms with Crippen LogP contribution in [0.4, 0.5) is 0 Å². The molecular weight excluding hydrogens is 507 g/mol. The van der Waals surface area contributed by atoms with E-state index in [9.17, 15) is 4.79 Å². The minimum atomic E-state index is -0.718. The molecule has 0 atom stereocenters. The average Bonchev–Trinajstić information content (AvgIpc) is 3.39. The van der Waals surface area contributed by atoms with Crippen LogP contribution in [0.1, 0.15) is 35.3 Å². The van der Waals surface area contributed by atoms with Gasteiger partial charge in [0.1, 0.15) is 0 Å². The van der Waals surface area contributed by atoms with Crippen LogP contribution in [-0.2, 0) is 13.0 Å². The molecule has 35 heavy (non-hydrogen) atoms. The number of halogens is 3. The summed E-state index contributed by atoms with van der Waals surface area (Å²) in [5.74, 6) is 0.511. The molecule has 1 aromatic heterocycles. The first-order valence-corrected chi connectivity index (χ1v) is 12.3. The number of hydrogen-bond donors (Lipinski definition) is 1. The number of rotatable bonds is 6. The normalized spacial score (nSPS) is 13.9. The molecule has 0 saturated heterocycles. The summed E-state index contributed by atoms with van der Waals surface area (Å²) >= 11 is 18.6. The summed E-state index contributed by atoms with van der Waals surface area (Å²) in [6.07, 6.45) is 2.41. The quantitative estimate of drug-likeness (QED) is 0.281. The number of H-pyrrole nitrogens is 1. The Balaban J connectivity index is 1.46. The number of amides is 1. The van der Waals surface area contributed by atoms with E-state index in [-0.39, 0.29) is 5.91 Å². The molecule has 1 aliphatic heterocycles. The lowest BCUT2D eigenvalue weighted by Crippen LogP contribution is -2.32. The summed E-state index contributed by atoms with van der Waals surface area (Å²) in [5, 5.41) is 2.38. The van der Waals surface area contributed by atoms with E-state index in [4.69, 9.17) is 44.3 Å². The third kappa shape index (κ3) is 5.08. The van der Waals surface area contributed by atoms with Crippen molar-refractivity contribution in [2.75, 3.05) is 6.54 Å². The van der Waals surface area contributed by atoms with Crippen LogP contribution >= 0.6 is 34.8 Å². The minimum Gasteiger partial charge on any atom is -0.449 e. The number of benzene rings is 3. The second-order valence-electron chi connectivity index (χ2n) is 9.01. The zero-order valence-corrected chi connectivity index (χ0v) is 21.5. The first-order chi connectivity index (χ1) is 16.7. The van der Waals surface area contributed by atoms with Crippen molar-refractivity contribution in [2.45, 2.75) is 32.6 Å². The van der Waals surface area contributed by atoms with Crippen LogP contribution < -0.4 is 9.47 Å². The first kappa shape index (κ1) is 23.9. The molecular formula is C27H23Cl3N2O3. The Bertz CT molecular complexity index is 1430. The van der Waals surface area contributed by atoms with Crippen LogP contribution in [0.2, 0.25) is 15.1 Å². The average molecular weight is 530 g/mol. The van der Waals surface area contributed by atoms with Crippen molar-refractivity contribution >= 4 is 51.6 Å². The Morgan fingerprint density at radius 1 is 0.914 bits per heavy atom. The molecule has 8 heteroatoms. The van der Waals surface area contributed by atoms with Gasteiger partial charge in [0.15, 0.2) is 11.5 Å². The molecule has 4 aromatic rings. The predicted octanol–water partition coefficient (Wildman–Crippen LogP) is 7.52. The lowest BCUT2D eigenvalue weighted by Gasteiger charge is -2.24. The van der Waals surface area contributed by atoms with Crippen molar-refractivity contribution < 1.29 is 14.3 Å². The van der Waals surface area contributed by atoms with Gasteiger partial charge >= 0.3 is 0 Å². The maximum atomic E-state index is 13.8. The number of aromatic amines is 1. The fourth-order valence-corrected chi connectivity index (χ4v) is 4.82. The fourth-order valence-electron chi connectivity index (χ4n) is 4.27. The highest BCUT2D eigenvalue weighted by atomic mass is 35.5. The van der Waals surface area contributed by atoms with Crippen LogP contribution in [-0.4, -0.2) is 28.1 Å². The largest absolute Gasteiger partial charge is 0.449 e. The zero-order chi connectivity index (χ0) is 24.7. The Kier molecular flexibility index (Phi) is 6.34. The number of hydrogen-bond acceptors (Lipinski definition) is 3. The molecule has 1 amide bonds. The number of nitrogens with zero attached hydrogens (tertiary/aromatic N) is 1. The zero-order valence-electron chi connectivity index (χ0n) is 19.2. The number of carbonyl (C=O) groups excluding carboxylic acids is 1. The smallest absolute Gasteiger partial charge is 0.256 e. The van der Waals surface area contributed by atoms with Crippen molar-refractivity contribution in [3.05, 3.63) is 92.6 Å². The lowest BCUT2D eigenvalue weighted by atomic mass is 10.1. The summed E-state index contributed by atoms with van der Waals surface area (Å²) in [6, 6.07) is 16.7. The molecule has 0 fully saturated rings. The first-order valence-electron chi connectivity index (χ1n) is 11.2. The molecule has 0 spiro atoms. The molecule has 180 valence electrons. The fraction of sp³-hybridized carbons (Fsp3) is 0.222. The van der Waals surface area contributed by atoms with Gasteiger partial charge in [0, 0.05) is 43.5 Å². The summed E-state index contributed by atoms with van der Waals surface area (Å²) in [4.78, 5) is 18.8. The van der Waals surface area contributed by atoms with Crippen LogP contribution in [0.15, 0.2) is 60.8 Å². The number of aromatic nitrogens is 1. The molecule has 0 saturated carbocycles. The molecule has 0 unspecified atom stereocenters. The van der Waals surface area contributed by atoms with Gasteiger partial charge in [-0.05, 0) is 60.0 Å². The van der Waals surface area contributed by atoms with Gasteiger partial charge in [-0.25, -0.2) is 0 Å². The Morgan fingerprint density at radius 3 is 2.49 bits per heavy atom. The SMILES string of the molecule is CC1(C)Oc2ccc(CN(CCc3ccc(Cl)c(Cl)c3)C(=O)c3cc(Cl)cc4cc[nH]c34)cc2O1. The van der Waals surface area contributed by atoms with Gasteiger partial charge < -0.3 is 19.4 Å². The summed E-state index contributed by atoms with van der Waals surface area (Å²) in [6.45, 7) is 4.57.